The fourth-order valence-corrected chi connectivity index (χ4v) is 1.56. The highest BCUT2D eigenvalue weighted by Gasteiger charge is 2.05. The number of aryl methyl sites for hydroxylation is 2. The zero-order chi connectivity index (χ0) is 12.8. The van der Waals surface area contributed by atoms with Crippen molar-refractivity contribution < 1.29 is 4.79 Å². The average molecular weight is 236 g/mol. The lowest BCUT2D eigenvalue weighted by Crippen LogP contribution is -2.27. The molecule has 0 atom stereocenters. The number of hydrogen-bond acceptors (Lipinski definition) is 4. The molecular weight excluding hydrogens is 216 g/mol. The summed E-state index contributed by atoms with van der Waals surface area (Å²) < 4.78 is 0. The molecule has 5 nitrogen and oxygen atoms in total. The number of nitrogens with one attached hydrogen (secondary N) is 1. The second-order valence-electron chi connectivity index (χ2n) is 4.21. The van der Waals surface area contributed by atoms with Crippen molar-refractivity contribution in [3.8, 4) is 0 Å². The standard InChI is InChI=1S/C12H20N4O/c1-9-8-10(2)15-12(14-9)16(4)7-5-6-13-11(3)17/h8H,5-7H2,1-4H3,(H,13,17). The molecule has 5 heteroatoms. The Hall–Kier alpha value is -1.65. The van der Waals surface area contributed by atoms with Crippen LogP contribution in [0.5, 0.6) is 0 Å². The van der Waals surface area contributed by atoms with Gasteiger partial charge in [-0.1, -0.05) is 0 Å². The molecule has 1 rings (SSSR count). The van der Waals surface area contributed by atoms with Crippen molar-refractivity contribution in [2.24, 2.45) is 0 Å². The lowest BCUT2D eigenvalue weighted by atomic mass is 10.3. The minimum atomic E-state index is 0.00954. The lowest BCUT2D eigenvalue weighted by molar-refractivity contribution is -0.118. The van der Waals surface area contributed by atoms with Crippen LogP contribution in [0, 0.1) is 13.8 Å². The molecule has 1 aromatic heterocycles. The zero-order valence-corrected chi connectivity index (χ0v) is 10.9. The predicted octanol–water partition coefficient (Wildman–Crippen LogP) is 1.06. The number of carbonyl (C=O) groups excluding carboxylic acids is 1. The highest BCUT2D eigenvalue weighted by atomic mass is 16.1. The van der Waals surface area contributed by atoms with Gasteiger partial charge in [0.2, 0.25) is 11.9 Å². The first kappa shape index (κ1) is 13.4. The summed E-state index contributed by atoms with van der Waals surface area (Å²) in [6, 6.07) is 1.95. The van der Waals surface area contributed by atoms with E-state index in [0.29, 0.717) is 6.54 Å². The van der Waals surface area contributed by atoms with E-state index in [2.05, 4.69) is 15.3 Å². The first-order valence-corrected chi connectivity index (χ1v) is 5.77. The molecule has 1 heterocycles. The molecule has 0 aromatic carbocycles. The van der Waals surface area contributed by atoms with Gasteiger partial charge in [-0.25, -0.2) is 9.97 Å². The first-order chi connectivity index (χ1) is 7.99. The van der Waals surface area contributed by atoms with Crippen molar-refractivity contribution in [1.82, 2.24) is 15.3 Å². The Balaban J connectivity index is 2.46. The smallest absolute Gasteiger partial charge is 0.225 e. The van der Waals surface area contributed by atoms with Crippen molar-refractivity contribution in [1.29, 1.82) is 0 Å². The number of hydrogen-bond donors (Lipinski definition) is 1. The summed E-state index contributed by atoms with van der Waals surface area (Å²) in [5, 5.41) is 2.77. The molecular formula is C12H20N4O. The van der Waals surface area contributed by atoms with E-state index in [1.807, 2.05) is 31.9 Å². The molecule has 0 radical (unpaired) electrons. The van der Waals surface area contributed by atoms with Gasteiger partial charge in [-0.3, -0.25) is 4.79 Å². The maximum atomic E-state index is 10.7. The summed E-state index contributed by atoms with van der Waals surface area (Å²) in [5.74, 6) is 0.751. The van der Waals surface area contributed by atoms with Crippen LogP contribution in [0.25, 0.3) is 0 Å². The van der Waals surface area contributed by atoms with Gasteiger partial charge < -0.3 is 10.2 Å². The molecule has 1 amide bonds. The number of rotatable bonds is 5. The molecule has 0 aliphatic heterocycles. The van der Waals surface area contributed by atoms with E-state index in [4.69, 9.17) is 0 Å². The van der Waals surface area contributed by atoms with Crippen LogP contribution in [-0.4, -0.2) is 36.0 Å². The number of nitrogens with zero attached hydrogens (tertiary/aromatic N) is 3. The van der Waals surface area contributed by atoms with Gasteiger partial charge in [0.15, 0.2) is 0 Å². The van der Waals surface area contributed by atoms with Crippen LogP contribution in [0.1, 0.15) is 24.7 Å². The van der Waals surface area contributed by atoms with Gasteiger partial charge in [-0.2, -0.15) is 0 Å². The fraction of sp³-hybridized carbons (Fsp3) is 0.583. The maximum absolute atomic E-state index is 10.7. The third kappa shape index (κ3) is 4.80. The highest BCUT2D eigenvalue weighted by Crippen LogP contribution is 2.08. The summed E-state index contributed by atoms with van der Waals surface area (Å²) in [6.07, 6.45) is 0.881. The van der Waals surface area contributed by atoms with Gasteiger partial charge in [-0.05, 0) is 26.3 Å². The Morgan fingerprint density at radius 1 is 1.35 bits per heavy atom. The van der Waals surface area contributed by atoms with Gasteiger partial charge in [0.25, 0.3) is 0 Å². The SMILES string of the molecule is CC(=O)NCCCN(C)c1nc(C)cc(C)n1. The van der Waals surface area contributed by atoms with Gasteiger partial charge >= 0.3 is 0 Å². The highest BCUT2D eigenvalue weighted by molar-refractivity contribution is 5.72. The van der Waals surface area contributed by atoms with Crippen LogP contribution in [0.15, 0.2) is 6.07 Å². The van der Waals surface area contributed by atoms with Crippen LogP contribution >= 0.6 is 0 Å². The van der Waals surface area contributed by atoms with E-state index in [0.717, 1.165) is 30.3 Å². The quantitative estimate of drug-likeness (QED) is 0.777. The van der Waals surface area contributed by atoms with Gasteiger partial charge in [0, 0.05) is 38.4 Å². The first-order valence-electron chi connectivity index (χ1n) is 5.77. The normalized spacial score (nSPS) is 10.1. The molecule has 0 aliphatic carbocycles. The molecule has 1 N–H and O–H groups in total. The molecule has 94 valence electrons. The second-order valence-corrected chi connectivity index (χ2v) is 4.21. The summed E-state index contributed by atoms with van der Waals surface area (Å²) in [5.41, 5.74) is 1.95. The van der Waals surface area contributed by atoms with Gasteiger partial charge in [-0.15, -0.1) is 0 Å². The number of amides is 1. The third-order valence-electron chi connectivity index (χ3n) is 2.36. The molecule has 1 aromatic rings. The summed E-state index contributed by atoms with van der Waals surface area (Å²) in [7, 11) is 1.96. The molecule has 0 unspecified atom stereocenters. The summed E-state index contributed by atoms with van der Waals surface area (Å²) in [6.45, 7) is 6.96. The van der Waals surface area contributed by atoms with Crippen molar-refractivity contribution in [2.75, 3.05) is 25.0 Å². The Kier molecular flexibility index (Phi) is 4.87. The Morgan fingerprint density at radius 2 is 1.94 bits per heavy atom. The van der Waals surface area contributed by atoms with E-state index in [-0.39, 0.29) is 5.91 Å². The van der Waals surface area contributed by atoms with E-state index < -0.39 is 0 Å². The minimum absolute atomic E-state index is 0.00954. The number of carbonyl (C=O) groups is 1. The fourth-order valence-electron chi connectivity index (χ4n) is 1.56. The van der Waals surface area contributed by atoms with Crippen LogP contribution in [0.3, 0.4) is 0 Å². The van der Waals surface area contributed by atoms with Gasteiger partial charge in [0.1, 0.15) is 0 Å². The van der Waals surface area contributed by atoms with Crippen molar-refractivity contribution in [3.63, 3.8) is 0 Å². The van der Waals surface area contributed by atoms with Gasteiger partial charge in [0.05, 0.1) is 0 Å². The van der Waals surface area contributed by atoms with E-state index in [1.54, 1.807) is 0 Å². The molecule has 0 bridgehead atoms. The largest absolute Gasteiger partial charge is 0.356 e. The van der Waals surface area contributed by atoms with E-state index >= 15 is 0 Å². The topological polar surface area (TPSA) is 58.1 Å². The lowest BCUT2D eigenvalue weighted by Gasteiger charge is -2.17. The second kappa shape index (κ2) is 6.18. The molecule has 0 saturated carbocycles. The number of anilines is 1. The average Bonchev–Trinajstić information content (AvgIpc) is 2.22. The van der Waals surface area contributed by atoms with E-state index in [1.165, 1.54) is 6.92 Å². The van der Waals surface area contributed by atoms with E-state index in [9.17, 15) is 4.79 Å². The van der Waals surface area contributed by atoms with Crippen LogP contribution < -0.4 is 10.2 Å². The van der Waals surface area contributed by atoms with Crippen LogP contribution in [0.4, 0.5) is 5.95 Å². The molecule has 0 fully saturated rings. The van der Waals surface area contributed by atoms with Crippen LogP contribution in [0.2, 0.25) is 0 Å². The summed E-state index contributed by atoms with van der Waals surface area (Å²) in [4.78, 5) is 21.5. The third-order valence-corrected chi connectivity index (χ3v) is 2.36. The zero-order valence-electron chi connectivity index (χ0n) is 10.9. The van der Waals surface area contributed by atoms with Crippen LogP contribution in [-0.2, 0) is 4.79 Å². The van der Waals surface area contributed by atoms with Crippen molar-refractivity contribution in [3.05, 3.63) is 17.5 Å². The monoisotopic (exact) mass is 236 g/mol. The molecule has 17 heavy (non-hydrogen) atoms. The Labute approximate surface area is 102 Å². The molecule has 0 aliphatic rings. The number of aromatic nitrogens is 2. The molecule has 0 spiro atoms. The maximum Gasteiger partial charge on any atom is 0.225 e. The summed E-state index contributed by atoms with van der Waals surface area (Å²) >= 11 is 0. The molecule has 0 saturated heterocycles. The Morgan fingerprint density at radius 3 is 2.47 bits per heavy atom. The minimum Gasteiger partial charge on any atom is -0.356 e. The predicted molar refractivity (Wildman–Crippen MR) is 68.1 cm³/mol. The van der Waals surface area contributed by atoms with Crippen molar-refractivity contribution >= 4 is 11.9 Å². The Bertz CT molecular complexity index is 372. The van der Waals surface area contributed by atoms with Crippen molar-refractivity contribution in [2.45, 2.75) is 27.2 Å².